The number of benzene rings is 2. The summed E-state index contributed by atoms with van der Waals surface area (Å²) in [6.07, 6.45) is 5.18. The summed E-state index contributed by atoms with van der Waals surface area (Å²) in [6, 6.07) is 17.2. The lowest BCUT2D eigenvalue weighted by Gasteiger charge is -2.32. The van der Waals surface area contributed by atoms with Crippen molar-refractivity contribution in [2.45, 2.75) is 48.0 Å². The Morgan fingerprint density at radius 2 is 1.87 bits per heavy atom. The van der Waals surface area contributed by atoms with Crippen LogP contribution in [0.25, 0.3) is 16.6 Å². The maximum Gasteiger partial charge on any atom is 0.137 e. The number of hydrogen-bond donors (Lipinski definition) is 1. The van der Waals surface area contributed by atoms with Crippen LogP contribution in [0.15, 0.2) is 70.7 Å². The van der Waals surface area contributed by atoms with E-state index in [2.05, 4.69) is 59.6 Å². The second-order valence-electron chi connectivity index (χ2n) is 8.36. The fourth-order valence-corrected chi connectivity index (χ4v) is 5.23. The van der Waals surface area contributed by atoms with E-state index in [4.69, 9.17) is 4.74 Å². The molecule has 1 N–H and O–H groups in total. The highest BCUT2D eigenvalue weighted by molar-refractivity contribution is 7.99. The zero-order valence-electron chi connectivity index (χ0n) is 17.3. The molecule has 154 valence electrons. The van der Waals surface area contributed by atoms with Crippen LogP contribution in [-0.4, -0.2) is 27.7 Å². The number of aromatic nitrogens is 2. The van der Waals surface area contributed by atoms with Crippen molar-refractivity contribution in [3.8, 4) is 0 Å². The van der Waals surface area contributed by atoms with Gasteiger partial charge in [0.05, 0.1) is 11.1 Å². The predicted octanol–water partition coefficient (Wildman–Crippen LogP) is 5.76. The van der Waals surface area contributed by atoms with Gasteiger partial charge in [0, 0.05) is 53.6 Å². The summed E-state index contributed by atoms with van der Waals surface area (Å²) in [7, 11) is 0. The third-order valence-corrected chi connectivity index (χ3v) is 7.02. The number of ether oxygens (including phenoxy) is 1. The SMILES string of the molecule is CC(C)c1cc2nccn2c2cc(Sc3cccc(C4(O)CCOCC4)c3)ccc12. The minimum absolute atomic E-state index is 0.435. The number of hydrogen-bond acceptors (Lipinski definition) is 4. The van der Waals surface area contributed by atoms with Gasteiger partial charge in [-0.15, -0.1) is 0 Å². The molecule has 0 unspecified atom stereocenters. The molecule has 1 aliphatic heterocycles. The summed E-state index contributed by atoms with van der Waals surface area (Å²) in [6.45, 7) is 5.67. The monoisotopic (exact) mass is 418 g/mol. The molecule has 0 aliphatic carbocycles. The van der Waals surface area contributed by atoms with E-state index in [1.807, 2.05) is 24.5 Å². The van der Waals surface area contributed by atoms with E-state index in [1.54, 1.807) is 11.8 Å². The molecule has 4 nitrogen and oxygen atoms in total. The Balaban J connectivity index is 1.53. The predicted molar refractivity (Wildman–Crippen MR) is 121 cm³/mol. The zero-order chi connectivity index (χ0) is 20.7. The molecule has 0 saturated carbocycles. The van der Waals surface area contributed by atoms with Crippen LogP contribution in [0.2, 0.25) is 0 Å². The van der Waals surface area contributed by atoms with E-state index in [9.17, 15) is 5.11 Å². The Kier molecular flexibility index (Phi) is 5.05. The van der Waals surface area contributed by atoms with Gasteiger partial charge in [0.25, 0.3) is 0 Å². The highest BCUT2D eigenvalue weighted by Gasteiger charge is 2.31. The fraction of sp³-hybridized carbons (Fsp3) is 0.320. The van der Waals surface area contributed by atoms with Crippen molar-refractivity contribution in [1.82, 2.24) is 9.38 Å². The molecule has 0 atom stereocenters. The second-order valence-corrected chi connectivity index (χ2v) is 9.51. The number of fused-ring (bicyclic) bond motifs is 3. The first-order chi connectivity index (χ1) is 14.5. The van der Waals surface area contributed by atoms with Crippen molar-refractivity contribution in [2.75, 3.05) is 13.2 Å². The number of rotatable bonds is 4. The Morgan fingerprint density at radius 1 is 1.07 bits per heavy atom. The van der Waals surface area contributed by atoms with Gasteiger partial charge < -0.3 is 9.84 Å². The van der Waals surface area contributed by atoms with Gasteiger partial charge in [0.15, 0.2) is 0 Å². The minimum atomic E-state index is -0.784. The maximum atomic E-state index is 11.1. The summed E-state index contributed by atoms with van der Waals surface area (Å²) in [5.41, 5.74) is 3.68. The van der Waals surface area contributed by atoms with E-state index in [0.29, 0.717) is 32.0 Å². The van der Waals surface area contributed by atoms with Crippen LogP contribution < -0.4 is 0 Å². The topological polar surface area (TPSA) is 46.8 Å². The van der Waals surface area contributed by atoms with Crippen molar-refractivity contribution in [3.63, 3.8) is 0 Å². The maximum absolute atomic E-state index is 11.1. The molecule has 0 amide bonds. The van der Waals surface area contributed by atoms with Crippen LogP contribution in [0.5, 0.6) is 0 Å². The molecule has 0 spiro atoms. The Bertz CT molecular complexity index is 1210. The Labute approximate surface area is 180 Å². The molecule has 5 heteroatoms. The largest absolute Gasteiger partial charge is 0.385 e. The van der Waals surface area contributed by atoms with E-state index in [-0.39, 0.29) is 0 Å². The van der Waals surface area contributed by atoms with Gasteiger partial charge in [-0.2, -0.15) is 0 Å². The van der Waals surface area contributed by atoms with E-state index >= 15 is 0 Å². The van der Waals surface area contributed by atoms with Crippen molar-refractivity contribution in [2.24, 2.45) is 0 Å². The molecule has 2 aromatic carbocycles. The third kappa shape index (κ3) is 3.51. The molecule has 0 radical (unpaired) electrons. The minimum Gasteiger partial charge on any atom is -0.385 e. The lowest BCUT2D eigenvalue weighted by atomic mass is 9.87. The molecule has 1 saturated heterocycles. The zero-order valence-corrected chi connectivity index (χ0v) is 18.2. The van der Waals surface area contributed by atoms with Gasteiger partial charge in [-0.1, -0.05) is 43.8 Å². The Hall–Kier alpha value is -2.34. The normalized spacial score (nSPS) is 16.5. The molecule has 5 rings (SSSR count). The lowest BCUT2D eigenvalue weighted by molar-refractivity contribution is -0.0680. The molecule has 3 heterocycles. The fourth-order valence-electron chi connectivity index (χ4n) is 4.32. The van der Waals surface area contributed by atoms with Gasteiger partial charge in [-0.25, -0.2) is 4.98 Å². The van der Waals surface area contributed by atoms with Crippen LogP contribution >= 0.6 is 11.8 Å². The van der Waals surface area contributed by atoms with Gasteiger partial charge in [0.1, 0.15) is 5.65 Å². The first kappa shape index (κ1) is 19.6. The van der Waals surface area contributed by atoms with Crippen LogP contribution in [0.1, 0.15) is 43.7 Å². The van der Waals surface area contributed by atoms with Gasteiger partial charge in [-0.05, 0) is 47.4 Å². The van der Waals surface area contributed by atoms with Crippen LogP contribution in [0, 0.1) is 0 Å². The molecule has 0 bridgehead atoms. The number of aliphatic hydroxyl groups is 1. The molecule has 4 aromatic rings. The number of nitrogens with zero attached hydrogens (tertiary/aromatic N) is 2. The van der Waals surface area contributed by atoms with Crippen molar-refractivity contribution < 1.29 is 9.84 Å². The molecule has 1 aliphatic rings. The highest BCUT2D eigenvalue weighted by Crippen LogP contribution is 2.37. The highest BCUT2D eigenvalue weighted by atomic mass is 32.2. The van der Waals surface area contributed by atoms with Gasteiger partial charge in [0.2, 0.25) is 0 Å². The second kappa shape index (κ2) is 7.73. The summed E-state index contributed by atoms with van der Waals surface area (Å²) >= 11 is 1.73. The first-order valence-corrected chi connectivity index (χ1v) is 11.3. The molecule has 30 heavy (non-hydrogen) atoms. The van der Waals surface area contributed by atoms with Crippen molar-refractivity contribution >= 4 is 28.3 Å². The van der Waals surface area contributed by atoms with E-state index in [1.165, 1.54) is 21.4 Å². The summed E-state index contributed by atoms with van der Waals surface area (Å²) in [5, 5.41) is 12.3. The van der Waals surface area contributed by atoms with Crippen LogP contribution in [-0.2, 0) is 10.3 Å². The smallest absolute Gasteiger partial charge is 0.137 e. The summed E-state index contributed by atoms with van der Waals surface area (Å²) < 4.78 is 7.59. The van der Waals surface area contributed by atoms with Crippen LogP contribution in [0.3, 0.4) is 0 Å². The lowest BCUT2D eigenvalue weighted by Crippen LogP contribution is -2.33. The average molecular weight is 419 g/mol. The quantitative estimate of drug-likeness (QED) is 0.458. The molecular weight excluding hydrogens is 392 g/mol. The Morgan fingerprint density at radius 3 is 2.67 bits per heavy atom. The molecular formula is C25H26N2O2S. The third-order valence-electron chi connectivity index (χ3n) is 6.04. The van der Waals surface area contributed by atoms with Gasteiger partial charge in [-0.3, -0.25) is 4.40 Å². The van der Waals surface area contributed by atoms with Crippen LogP contribution in [0.4, 0.5) is 0 Å². The molecule has 1 fully saturated rings. The van der Waals surface area contributed by atoms with E-state index < -0.39 is 5.60 Å². The number of pyridine rings is 1. The van der Waals surface area contributed by atoms with Gasteiger partial charge >= 0.3 is 0 Å². The van der Waals surface area contributed by atoms with Crippen molar-refractivity contribution in [1.29, 1.82) is 0 Å². The van der Waals surface area contributed by atoms with E-state index in [0.717, 1.165) is 16.1 Å². The standard InChI is InChI=1S/C25H26N2O2S/c1-17(2)22-16-24-26-10-11-27(24)23-15-20(6-7-21(22)23)30-19-5-3-4-18(14-19)25(28)8-12-29-13-9-25/h3-7,10-11,14-17,28H,8-9,12-13H2,1-2H3. The summed E-state index contributed by atoms with van der Waals surface area (Å²) in [5.74, 6) is 0.435. The first-order valence-electron chi connectivity index (χ1n) is 10.5. The molecule has 2 aromatic heterocycles. The average Bonchev–Trinajstić information content (AvgIpc) is 3.23. The summed E-state index contributed by atoms with van der Waals surface area (Å²) in [4.78, 5) is 6.82. The van der Waals surface area contributed by atoms with Crippen molar-refractivity contribution in [3.05, 3.63) is 72.1 Å². The number of imidazole rings is 1.